The molecule has 0 aliphatic heterocycles. The van der Waals surface area contributed by atoms with Crippen molar-refractivity contribution in [2.75, 3.05) is 12.4 Å². The maximum absolute atomic E-state index is 13.1. The Morgan fingerprint density at radius 1 is 1.11 bits per heavy atom. The van der Waals surface area contributed by atoms with Crippen molar-refractivity contribution in [3.8, 4) is 11.5 Å². The predicted molar refractivity (Wildman–Crippen MR) is 134 cm³/mol. The van der Waals surface area contributed by atoms with Gasteiger partial charge in [0.2, 0.25) is 5.91 Å². The molecule has 1 amide bonds. The quantitative estimate of drug-likeness (QED) is 0.293. The molecule has 0 fully saturated rings. The van der Waals surface area contributed by atoms with E-state index in [0.29, 0.717) is 23.9 Å². The molecule has 0 bridgehead atoms. The Labute approximate surface area is 207 Å². The Bertz CT molecular complexity index is 1320. The maximum Gasteiger partial charge on any atom is 0.249 e. The zero-order valence-corrected chi connectivity index (χ0v) is 19.7. The third kappa shape index (κ3) is 6.71. The van der Waals surface area contributed by atoms with Crippen LogP contribution >= 0.6 is 11.6 Å². The third-order valence-electron chi connectivity index (χ3n) is 5.09. The van der Waals surface area contributed by atoms with Crippen molar-refractivity contribution in [2.45, 2.75) is 13.2 Å². The molecule has 178 valence electrons. The summed E-state index contributed by atoms with van der Waals surface area (Å²) in [7, 11) is 1.60. The highest BCUT2D eigenvalue weighted by molar-refractivity contribution is 6.33. The highest BCUT2D eigenvalue weighted by atomic mass is 35.5. The average molecular weight is 492 g/mol. The summed E-state index contributed by atoms with van der Waals surface area (Å²) in [6.07, 6.45) is 4.69. The third-order valence-corrected chi connectivity index (χ3v) is 5.36. The van der Waals surface area contributed by atoms with E-state index in [1.54, 1.807) is 36.2 Å². The maximum atomic E-state index is 13.1. The molecular weight excluding hydrogens is 469 g/mol. The van der Waals surface area contributed by atoms with Crippen LogP contribution in [0.2, 0.25) is 5.02 Å². The summed E-state index contributed by atoms with van der Waals surface area (Å²) >= 11 is 6.23. The first-order valence-electron chi connectivity index (χ1n) is 10.8. The highest BCUT2D eigenvalue weighted by Crippen LogP contribution is 2.23. The van der Waals surface area contributed by atoms with Gasteiger partial charge in [0.1, 0.15) is 28.9 Å². The topological polar surface area (TPSA) is 65.4 Å². The Morgan fingerprint density at radius 2 is 1.89 bits per heavy atom. The van der Waals surface area contributed by atoms with Gasteiger partial charge in [0, 0.05) is 17.8 Å². The fraction of sp³-hybridized carbons (Fsp3) is 0.111. The number of nitrogens with one attached hydrogen (secondary N) is 1. The van der Waals surface area contributed by atoms with E-state index in [-0.39, 0.29) is 17.5 Å². The number of methoxy groups -OCH3 is 1. The van der Waals surface area contributed by atoms with E-state index in [1.165, 1.54) is 18.2 Å². The lowest BCUT2D eigenvalue weighted by atomic mass is 10.1. The summed E-state index contributed by atoms with van der Waals surface area (Å²) in [6, 6.07) is 21.2. The standard InChI is InChI=1S/C27H23ClFN3O3/c1-34-25-13-9-19(15-21(25)18-35-23-5-3-2-4-6-23)10-14-26(33)30-27-24(28)17-32(31-27)16-20-7-11-22(29)12-8-20/h2-15,17H,16,18H2,1H3,(H,30,31,33)/b14-10+. The van der Waals surface area contributed by atoms with Crippen molar-refractivity contribution in [1.29, 1.82) is 0 Å². The summed E-state index contributed by atoms with van der Waals surface area (Å²) in [5.74, 6) is 1.01. The average Bonchev–Trinajstić information content (AvgIpc) is 3.21. The Morgan fingerprint density at radius 3 is 2.63 bits per heavy atom. The minimum absolute atomic E-state index is 0.245. The fourth-order valence-electron chi connectivity index (χ4n) is 3.36. The number of anilines is 1. The van der Waals surface area contributed by atoms with Gasteiger partial charge in [-0.05, 0) is 53.6 Å². The number of nitrogens with zero attached hydrogens (tertiary/aromatic N) is 2. The molecule has 0 aliphatic rings. The van der Waals surface area contributed by atoms with Crippen LogP contribution in [0.1, 0.15) is 16.7 Å². The van der Waals surface area contributed by atoms with Gasteiger partial charge in [-0.2, -0.15) is 5.10 Å². The summed E-state index contributed by atoms with van der Waals surface area (Å²) in [4.78, 5) is 12.5. The van der Waals surface area contributed by atoms with Gasteiger partial charge < -0.3 is 14.8 Å². The molecule has 6 nitrogen and oxygen atoms in total. The largest absolute Gasteiger partial charge is 0.496 e. The van der Waals surface area contributed by atoms with Gasteiger partial charge in [0.05, 0.1) is 13.7 Å². The summed E-state index contributed by atoms with van der Waals surface area (Å²) in [6.45, 7) is 0.716. The van der Waals surface area contributed by atoms with Gasteiger partial charge in [-0.15, -0.1) is 0 Å². The van der Waals surface area contributed by atoms with Crippen LogP contribution in [0.5, 0.6) is 11.5 Å². The SMILES string of the molecule is COc1ccc(/C=C/C(=O)Nc2nn(Cc3ccc(F)cc3)cc2Cl)cc1COc1ccccc1. The molecule has 3 aromatic carbocycles. The van der Waals surface area contributed by atoms with Crippen molar-refractivity contribution >= 4 is 29.4 Å². The molecule has 1 N–H and O–H groups in total. The number of hydrogen-bond acceptors (Lipinski definition) is 4. The molecule has 0 atom stereocenters. The molecule has 0 saturated heterocycles. The fourth-order valence-corrected chi connectivity index (χ4v) is 3.56. The number of carbonyl (C=O) groups is 1. The summed E-state index contributed by atoms with van der Waals surface area (Å²) in [5, 5.41) is 7.29. The number of amides is 1. The minimum Gasteiger partial charge on any atom is -0.496 e. The molecule has 1 aromatic heterocycles. The summed E-state index contributed by atoms with van der Waals surface area (Å²) < 4.78 is 25.9. The number of benzene rings is 3. The molecule has 8 heteroatoms. The zero-order chi connectivity index (χ0) is 24.6. The van der Waals surface area contributed by atoms with Crippen LogP contribution in [0.4, 0.5) is 10.2 Å². The van der Waals surface area contributed by atoms with E-state index >= 15 is 0 Å². The number of carbonyl (C=O) groups excluding carboxylic acids is 1. The van der Waals surface area contributed by atoms with Crippen molar-refractivity contribution in [3.05, 3.63) is 113 Å². The van der Waals surface area contributed by atoms with Crippen molar-refractivity contribution in [1.82, 2.24) is 9.78 Å². The van der Waals surface area contributed by atoms with Gasteiger partial charge >= 0.3 is 0 Å². The second-order valence-electron chi connectivity index (χ2n) is 7.65. The van der Waals surface area contributed by atoms with Crippen molar-refractivity contribution in [3.63, 3.8) is 0 Å². The lowest BCUT2D eigenvalue weighted by Gasteiger charge is -2.11. The van der Waals surface area contributed by atoms with E-state index in [1.807, 2.05) is 48.5 Å². The van der Waals surface area contributed by atoms with Crippen LogP contribution in [-0.4, -0.2) is 22.8 Å². The van der Waals surface area contributed by atoms with Gasteiger partial charge in [-0.3, -0.25) is 9.48 Å². The van der Waals surface area contributed by atoms with E-state index < -0.39 is 0 Å². The monoisotopic (exact) mass is 491 g/mol. The number of para-hydroxylation sites is 1. The smallest absolute Gasteiger partial charge is 0.249 e. The Kier molecular flexibility index (Phi) is 7.80. The number of halogens is 2. The lowest BCUT2D eigenvalue weighted by Crippen LogP contribution is -2.09. The van der Waals surface area contributed by atoms with Crippen LogP contribution < -0.4 is 14.8 Å². The van der Waals surface area contributed by atoms with Gasteiger partial charge in [0.15, 0.2) is 5.82 Å². The van der Waals surface area contributed by atoms with Crippen LogP contribution in [0.25, 0.3) is 6.08 Å². The highest BCUT2D eigenvalue weighted by Gasteiger charge is 2.10. The van der Waals surface area contributed by atoms with E-state index in [9.17, 15) is 9.18 Å². The van der Waals surface area contributed by atoms with Crippen LogP contribution in [0.3, 0.4) is 0 Å². The van der Waals surface area contributed by atoms with Crippen molar-refractivity contribution in [2.24, 2.45) is 0 Å². The molecule has 0 spiro atoms. The van der Waals surface area contributed by atoms with Crippen molar-refractivity contribution < 1.29 is 18.7 Å². The lowest BCUT2D eigenvalue weighted by molar-refractivity contribution is -0.111. The van der Waals surface area contributed by atoms with E-state index in [4.69, 9.17) is 21.1 Å². The van der Waals surface area contributed by atoms with E-state index in [2.05, 4.69) is 10.4 Å². The number of ether oxygens (including phenoxy) is 2. The van der Waals surface area contributed by atoms with Crippen LogP contribution in [0.15, 0.2) is 85.1 Å². The number of aromatic nitrogens is 2. The van der Waals surface area contributed by atoms with E-state index in [0.717, 1.165) is 22.4 Å². The molecule has 0 aliphatic carbocycles. The second-order valence-corrected chi connectivity index (χ2v) is 8.05. The molecule has 4 rings (SSSR count). The number of hydrogen-bond donors (Lipinski definition) is 1. The zero-order valence-electron chi connectivity index (χ0n) is 18.9. The normalized spacial score (nSPS) is 10.9. The summed E-state index contributed by atoms with van der Waals surface area (Å²) in [5.41, 5.74) is 2.51. The molecule has 0 radical (unpaired) electrons. The van der Waals surface area contributed by atoms with Crippen LogP contribution in [0, 0.1) is 5.82 Å². The van der Waals surface area contributed by atoms with Gasteiger partial charge in [-0.1, -0.05) is 48.0 Å². The molecule has 4 aromatic rings. The minimum atomic E-state index is -0.378. The predicted octanol–water partition coefficient (Wildman–Crippen LogP) is 5.96. The second kappa shape index (κ2) is 11.4. The molecule has 35 heavy (non-hydrogen) atoms. The first-order chi connectivity index (χ1) is 17.0. The molecule has 0 saturated carbocycles. The van der Waals surface area contributed by atoms with Gasteiger partial charge in [-0.25, -0.2) is 4.39 Å². The van der Waals surface area contributed by atoms with Crippen LogP contribution in [-0.2, 0) is 17.9 Å². The first-order valence-corrected chi connectivity index (χ1v) is 11.2. The Balaban J connectivity index is 1.39. The number of rotatable bonds is 9. The molecule has 0 unspecified atom stereocenters. The molecule has 1 heterocycles. The first kappa shape index (κ1) is 24.0. The molecular formula is C27H23ClFN3O3. The Hall–Kier alpha value is -4.10. The van der Waals surface area contributed by atoms with Gasteiger partial charge in [0.25, 0.3) is 0 Å².